The van der Waals surface area contributed by atoms with Crippen LogP contribution in [0.1, 0.15) is 73.1 Å². The molecule has 0 radical (unpaired) electrons. The highest BCUT2D eigenvalue weighted by molar-refractivity contribution is 7.80. The summed E-state index contributed by atoms with van der Waals surface area (Å²) in [4.78, 5) is 0. The predicted molar refractivity (Wildman–Crippen MR) is 98.9 cm³/mol. The van der Waals surface area contributed by atoms with E-state index in [9.17, 15) is 0 Å². The first kappa shape index (κ1) is 20.1. The van der Waals surface area contributed by atoms with Crippen molar-refractivity contribution in [3.8, 4) is 0 Å². The summed E-state index contributed by atoms with van der Waals surface area (Å²) >= 11 is 5.12. The molecule has 0 fully saturated rings. The molecule has 2 heteroatoms. The zero-order valence-electron chi connectivity index (χ0n) is 14.5. The second-order valence-electron chi connectivity index (χ2n) is 5.89. The lowest BCUT2D eigenvalue weighted by Gasteiger charge is -2.05. The summed E-state index contributed by atoms with van der Waals surface area (Å²) in [5.41, 5.74) is 4.27. The zero-order valence-corrected chi connectivity index (χ0v) is 15.3. The predicted octanol–water partition coefficient (Wildman–Crippen LogP) is 6.55. The molecule has 0 aliphatic heterocycles. The molecule has 0 N–H and O–H groups in total. The summed E-state index contributed by atoms with van der Waals surface area (Å²) in [7, 11) is 0. The van der Waals surface area contributed by atoms with Crippen LogP contribution in [0.5, 0.6) is 0 Å². The number of hydrogen-bond donors (Lipinski definition) is 0. The molecule has 120 valence electrons. The maximum atomic E-state index is 5.49. The maximum Gasteiger partial charge on any atom is 0.160 e. The quantitative estimate of drug-likeness (QED) is 0.334. The summed E-state index contributed by atoms with van der Waals surface area (Å²) in [5, 5.41) is 0.733. The standard InChI is InChI=1S/C19H32OS/c1-6-9-19(21)20-15-14-18(5)13-8-12-17(4)11-7-10-16(2)3/h10,12,14H,6-9,11,13,15H2,1-5H3/b17-12+,18-14+. The monoisotopic (exact) mass is 308 g/mol. The van der Waals surface area contributed by atoms with Crippen molar-refractivity contribution >= 4 is 17.3 Å². The largest absolute Gasteiger partial charge is 0.483 e. The fourth-order valence-electron chi connectivity index (χ4n) is 1.89. The van der Waals surface area contributed by atoms with E-state index in [4.69, 9.17) is 17.0 Å². The van der Waals surface area contributed by atoms with E-state index in [0.717, 1.165) is 37.2 Å². The van der Waals surface area contributed by atoms with Gasteiger partial charge in [-0.05, 0) is 78.1 Å². The molecule has 0 heterocycles. The third kappa shape index (κ3) is 13.8. The Balaban J connectivity index is 3.88. The Morgan fingerprint density at radius 1 is 0.857 bits per heavy atom. The van der Waals surface area contributed by atoms with Gasteiger partial charge in [0.2, 0.25) is 0 Å². The van der Waals surface area contributed by atoms with Gasteiger partial charge in [0.15, 0.2) is 5.05 Å². The molecule has 0 rings (SSSR count). The third-order valence-electron chi connectivity index (χ3n) is 3.25. The second-order valence-corrected chi connectivity index (χ2v) is 6.35. The minimum Gasteiger partial charge on any atom is -0.483 e. The lowest BCUT2D eigenvalue weighted by atomic mass is 10.1. The summed E-state index contributed by atoms with van der Waals surface area (Å²) in [6, 6.07) is 0. The highest BCUT2D eigenvalue weighted by Crippen LogP contribution is 2.11. The molecule has 0 aromatic carbocycles. The van der Waals surface area contributed by atoms with Crippen molar-refractivity contribution in [3.63, 3.8) is 0 Å². The molecule has 0 saturated heterocycles. The average molecular weight is 309 g/mol. The molecule has 0 spiro atoms. The van der Waals surface area contributed by atoms with Gasteiger partial charge in [0.1, 0.15) is 6.61 Å². The third-order valence-corrected chi connectivity index (χ3v) is 3.57. The van der Waals surface area contributed by atoms with Crippen LogP contribution in [0.4, 0.5) is 0 Å². The fraction of sp³-hybridized carbons (Fsp3) is 0.632. The number of thiocarbonyl (C=S) groups is 1. The van der Waals surface area contributed by atoms with Crippen molar-refractivity contribution in [2.24, 2.45) is 0 Å². The number of allylic oxidation sites excluding steroid dienone is 5. The normalized spacial score (nSPS) is 12.2. The molecule has 0 bridgehead atoms. The zero-order chi connectivity index (χ0) is 16.1. The fourth-order valence-corrected chi connectivity index (χ4v) is 2.16. The lowest BCUT2D eigenvalue weighted by Crippen LogP contribution is -2.01. The smallest absolute Gasteiger partial charge is 0.160 e. The topological polar surface area (TPSA) is 9.23 Å². The van der Waals surface area contributed by atoms with Crippen molar-refractivity contribution in [2.45, 2.75) is 73.1 Å². The number of hydrogen-bond acceptors (Lipinski definition) is 2. The van der Waals surface area contributed by atoms with E-state index < -0.39 is 0 Å². The van der Waals surface area contributed by atoms with Gasteiger partial charge >= 0.3 is 0 Å². The molecule has 0 unspecified atom stereocenters. The van der Waals surface area contributed by atoms with Crippen molar-refractivity contribution in [1.82, 2.24) is 0 Å². The summed E-state index contributed by atoms with van der Waals surface area (Å²) in [5.74, 6) is 0. The van der Waals surface area contributed by atoms with Gasteiger partial charge in [0.25, 0.3) is 0 Å². The minimum atomic E-state index is 0.619. The highest BCUT2D eigenvalue weighted by atomic mass is 32.1. The molecule has 0 aromatic heterocycles. The van der Waals surface area contributed by atoms with Gasteiger partial charge in [-0.1, -0.05) is 35.8 Å². The van der Waals surface area contributed by atoms with Crippen LogP contribution in [0.25, 0.3) is 0 Å². The summed E-state index contributed by atoms with van der Waals surface area (Å²) in [6.07, 6.45) is 13.3. The van der Waals surface area contributed by atoms with Crippen molar-refractivity contribution in [3.05, 3.63) is 34.9 Å². The molecule has 0 aliphatic rings. The molecular formula is C19H32OS. The van der Waals surface area contributed by atoms with Crippen LogP contribution in [0, 0.1) is 0 Å². The van der Waals surface area contributed by atoms with Gasteiger partial charge in [-0.15, -0.1) is 0 Å². The van der Waals surface area contributed by atoms with Gasteiger partial charge in [0.05, 0.1) is 0 Å². The van der Waals surface area contributed by atoms with Gasteiger partial charge in [-0.25, -0.2) is 0 Å². The summed E-state index contributed by atoms with van der Waals surface area (Å²) < 4.78 is 5.49. The van der Waals surface area contributed by atoms with E-state index in [1.54, 1.807) is 0 Å². The van der Waals surface area contributed by atoms with Crippen LogP contribution in [0.15, 0.2) is 34.9 Å². The number of rotatable bonds is 10. The molecule has 21 heavy (non-hydrogen) atoms. The maximum absolute atomic E-state index is 5.49. The Bertz CT molecular complexity index is 384. The molecule has 0 aromatic rings. The van der Waals surface area contributed by atoms with E-state index >= 15 is 0 Å². The minimum absolute atomic E-state index is 0.619. The highest BCUT2D eigenvalue weighted by Gasteiger charge is 1.95. The van der Waals surface area contributed by atoms with E-state index in [2.05, 4.69) is 52.8 Å². The van der Waals surface area contributed by atoms with Crippen LogP contribution >= 0.6 is 12.2 Å². The van der Waals surface area contributed by atoms with Crippen molar-refractivity contribution in [1.29, 1.82) is 0 Å². The van der Waals surface area contributed by atoms with Crippen LogP contribution in [-0.4, -0.2) is 11.7 Å². The molecule has 0 atom stereocenters. The first-order valence-corrected chi connectivity index (χ1v) is 8.46. The van der Waals surface area contributed by atoms with Crippen molar-refractivity contribution < 1.29 is 4.74 Å². The average Bonchev–Trinajstić information content (AvgIpc) is 2.38. The van der Waals surface area contributed by atoms with Gasteiger partial charge in [0, 0.05) is 6.42 Å². The van der Waals surface area contributed by atoms with Gasteiger partial charge in [-0.3, -0.25) is 0 Å². The van der Waals surface area contributed by atoms with E-state index in [1.165, 1.54) is 23.1 Å². The van der Waals surface area contributed by atoms with Gasteiger partial charge < -0.3 is 4.74 Å². The first-order chi connectivity index (χ1) is 9.95. The molecule has 0 aliphatic carbocycles. The van der Waals surface area contributed by atoms with Crippen LogP contribution in [0.3, 0.4) is 0 Å². The second kappa shape index (κ2) is 12.8. The van der Waals surface area contributed by atoms with Crippen LogP contribution < -0.4 is 0 Å². The Kier molecular flexibility index (Phi) is 12.3. The molecule has 0 amide bonds. The molecule has 0 saturated carbocycles. The molecule has 1 nitrogen and oxygen atoms in total. The Labute approximate surface area is 137 Å². The van der Waals surface area contributed by atoms with Crippen LogP contribution in [0.2, 0.25) is 0 Å². The Morgan fingerprint density at radius 2 is 1.43 bits per heavy atom. The van der Waals surface area contributed by atoms with Gasteiger partial charge in [-0.2, -0.15) is 0 Å². The van der Waals surface area contributed by atoms with E-state index in [1.807, 2.05) is 0 Å². The van der Waals surface area contributed by atoms with Crippen molar-refractivity contribution in [2.75, 3.05) is 6.61 Å². The van der Waals surface area contributed by atoms with Crippen LogP contribution in [-0.2, 0) is 4.74 Å². The Morgan fingerprint density at radius 3 is 2.00 bits per heavy atom. The number of ether oxygens (including phenoxy) is 1. The lowest BCUT2D eigenvalue weighted by molar-refractivity contribution is 0.348. The molecular weight excluding hydrogens is 276 g/mol. The van der Waals surface area contributed by atoms with E-state index in [-0.39, 0.29) is 0 Å². The SMILES string of the molecule is CCCC(=S)OC/C=C(\C)CC/C=C(\C)CCC=C(C)C. The summed E-state index contributed by atoms with van der Waals surface area (Å²) in [6.45, 7) is 11.4. The Hall–Kier alpha value is -0.890. The first-order valence-electron chi connectivity index (χ1n) is 8.06. The van der Waals surface area contributed by atoms with E-state index in [0.29, 0.717) is 6.61 Å².